The Morgan fingerprint density at radius 2 is 1.88 bits per heavy atom. The van der Waals surface area contributed by atoms with Gasteiger partial charge in [0.1, 0.15) is 10.8 Å². The molecule has 0 fully saturated rings. The number of methoxy groups -OCH3 is 1. The van der Waals surface area contributed by atoms with Gasteiger partial charge in [-0.2, -0.15) is 4.98 Å². The van der Waals surface area contributed by atoms with E-state index in [4.69, 9.17) is 9.26 Å². The summed E-state index contributed by atoms with van der Waals surface area (Å²) in [5.74, 6) is 1.26. The third-order valence-corrected chi connectivity index (χ3v) is 4.69. The van der Waals surface area contributed by atoms with Crippen LogP contribution in [0.2, 0.25) is 0 Å². The first-order valence-corrected chi connectivity index (χ1v) is 8.91. The average Bonchev–Trinajstić information content (AvgIpc) is 3.37. The van der Waals surface area contributed by atoms with Gasteiger partial charge in [0.05, 0.1) is 19.3 Å². The Hall–Kier alpha value is -3.19. The van der Waals surface area contributed by atoms with E-state index in [0.29, 0.717) is 18.4 Å². The van der Waals surface area contributed by atoms with E-state index in [0.717, 1.165) is 27.6 Å². The molecular weight excluding hydrogens is 348 g/mol. The molecule has 26 heavy (non-hydrogen) atoms. The minimum atomic E-state index is 0.358. The predicted octanol–water partition coefficient (Wildman–Crippen LogP) is 4.48. The summed E-state index contributed by atoms with van der Waals surface area (Å²) in [7, 11) is 1.62. The zero-order valence-electron chi connectivity index (χ0n) is 14.0. The molecule has 0 atom stereocenters. The Morgan fingerprint density at radius 3 is 2.73 bits per heavy atom. The third-order valence-electron chi connectivity index (χ3n) is 3.75. The number of hydrogen-bond acceptors (Lipinski definition) is 7. The number of aromatic nitrogens is 3. The van der Waals surface area contributed by atoms with Crippen molar-refractivity contribution in [2.75, 3.05) is 12.4 Å². The summed E-state index contributed by atoms with van der Waals surface area (Å²) >= 11 is 1.61. The van der Waals surface area contributed by atoms with Crippen LogP contribution in [0.15, 0.2) is 64.5 Å². The van der Waals surface area contributed by atoms with Gasteiger partial charge in [0.15, 0.2) is 0 Å². The van der Waals surface area contributed by atoms with Crippen molar-refractivity contribution in [1.82, 2.24) is 15.1 Å². The fourth-order valence-electron chi connectivity index (χ4n) is 2.44. The summed E-state index contributed by atoms with van der Waals surface area (Å²) in [6.07, 6.45) is 0. The summed E-state index contributed by atoms with van der Waals surface area (Å²) in [6.45, 7) is 0.517. The maximum absolute atomic E-state index is 5.27. The molecule has 130 valence electrons. The SMILES string of the molecule is COc1cccc(-c2noc(NCc3csc(-c4ccccc4)n3)n2)c1. The second-order valence-corrected chi connectivity index (χ2v) is 6.38. The van der Waals surface area contributed by atoms with E-state index < -0.39 is 0 Å². The van der Waals surface area contributed by atoms with E-state index in [1.54, 1.807) is 18.4 Å². The highest BCUT2D eigenvalue weighted by Crippen LogP contribution is 2.25. The third kappa shape index (κ3) is 3.57. The quantitative estimate of drug-likeness (QED) is 0.544. The Labute approximate surface area is 154 Å². The van der Waals surface area contributed by atoms with Crippen LogP contribution in [0.3, 0.4) is 0 Å². The minimum Gasteiger partial charge on any atom is -0.497 e. The van der Waals surface area contributed by atoms with Gasteiger partial charge < -0.3 is 14.6 Å². The monoisotopic (exact) mass is 364 g/mol. The molecule has 0 spiro atoms. The van der Waals surface area contributed by atoms with Crippen LogP contribution in [0.25, 0.3) is 22.0 Å². The van der Waals surface area contributed by atoms with Crippen molar-refractivity contribution < 1.29 is 9.26 Å². The van der Waals surface area contributed by atoms with Crippen LogP contribution in [-0.4, -0.2) is 22.2 Å². The molecule has 0 unspecified atom stereocenters. The highest BCUT2D eigenvalue weighted by molar-refractivity contribution is 7.13. The smallest absolute Gasteiger partial charge is 0.322 e. The van der Waals surface area contributed by atoms with E-state index in [-0.39, 0.29) is 0 Å². The standard InChI is InChI=1S/C19H16N4O2S/c1-24-16-9-5-8-14(10-16)17-22-19(25-23-17)20-11-15-12-26-18(21-15)13-6-3-2-4-7-13/h2-10,12H,11H2,1H3,(H,20,22,23). The van der Waals surface area contributed by atoms with E-state index in [1.807, 2.05) is 47.8 Å². The molecule has 0 aliphatic heterocycles. The molecule has 4 aromatic rings. The predicted molar refractivity (Wildman–Crippen MR) is 101 cm³/mol. The van der Waals surface area contributed by atoms with Crippen LogP contribution in [0, 0.1) is 0 Å². The van der Waals surface area contributed by atoms with Crippen molar-refractivity contribution in [1.29, 1.82) is 0 Å². The summed E-state index contributed by atoms with van der Waals surface area (Å²) in [4.78, 5) is 9.00. The first kappa shape index (κ1) is 16.3. The zero-order chi connectivity index (χ0) is 17.8. The van der Waals surface area contributed by atoms with Gasteiger partial charge in [-0.05, 0) is 12.1 Å². The summed E-state index contributed by atoms with van der Waals surface area (Å²) in [5, 5.41) is 10.1. The van der Waals surface area contributed by atoms with Crippen LogP contribution in [0.1, 0.15) is 5.69 Å². The molecule has 0 bridgehead atoms. The molecule has 0 radical (unpaired) electrons. The summed E-state index contributed by atoms with van der Waals surface area (Å²) in [6, 6.07) is 18.0. The van der Waals surface area contributed by atoms with Gasteiger partial charge in [0, 0.05) is 16.5 Å². The van der Waals surface area contributed by atoms with Crippen LogP contribution in [0.4, 0.5) is 6.01 Å². The van der Waals surface area contributed by atoms with Gasteiger partial charge in [0.25, 0.3) is 0 Å². The van der Waals surface area contributed by atoms with Gasteiger partial charge in [-0.1, -0.05) is 47.6 Å². The van der Waals surface area contributed by atoms with Crippen LogP contribution in [0.5, 0.6) is 5.75 Å². The zero-order valence-corrected chi connectivity index (χ0v) is 14.9. The second kappa shape index (κ2) is 7.37. The van der Waals surface area contributed by atoms with E-state index in [9.17, 15) is 0 Å². The van der Waals surface area contributed by atoms with Crippen molar-refractivity contribution in [2.45, 2.75) is 6.54 Å². The summed E-state index contributed by atoms with van der Waals surface area (Å²) in [5.41, 5.74) is 2.87. The van der Waals surface area contributed by atoms with Crippen molar-refractivity contribution in [2.24, 2.45) is 0 Å². The minimum absolute atomic E-state index is 0.358. The van der Waals surface area contributed by atoms with E-state index >= 15 is 0 Å². The molecule has 0 saturated carbocycles. The molecule has 0 aliphatic rings. The van der Waals surface area contributed by atoms with Gasteiger partial charge in [0.2, 0.25) is 5.82 Å². The fourth-order valence-corrected chi connectivity index (χ4v) is 3.27. The lowest BCUT2D eigenvalue weighted by molar-refractivity contribution is 0.414. The largest absolute Gasteiger partial charge is 0.497 e. The lowest BCUT2D eigenvalue weighted by atomic mass is 10.2. The molecule has 1 N–H and O–H groups in total. The molecule has 2 aromatic carbocycles. The number of benzene rings is 2. The number of thiazole rings is 1. The maximum atomic E-state index is 5.27. The normalized spacial score (nSPS) is 10.7. The average molecular weight is 364 g/mol. The van der Waals surface area contributed by atoms with E-state index in [1.165, 1.54) is 0 Å². The number of hydrogen-bond donors (Lipinski definition) is 1. The van der Waals surface area contributed by atoms with Gasteiger partial charge in [-0.25, -0.2) is 4.98 Å². The van der Waals surface area contributed by atoms with Gasteiger partial charge in [-0.15, -0.1) is 11.3 Å². The van der Waals surface area contributed by atoms with Crippen LogP contribution in [-0.2, 0) is 6.54 Å². The molecular formula is C19H16N4O2S. The van der Waals surface area contributed by atoms with E-state index in [2.05, 4.69) is 32.6 Å². The maximum Gasteiger partial charge on any atom is 0.322 e. The molecule has 4 rings (SSSR count). The molecule has 7 heteroatoms. The summed E-state index contributed by atoms with van der Waals surface area (Å²) < 4.78 is 10.5. The molecule has 0 aliphatic carbocycles. The lowest BCUT2D eigenvalue weighted by Crippen LogP contribution is -1.99. The number of rotatable bonds is 6. The molecule has 0 amide bonds. The highest BCUT2D eigenvalue weighted by Gasteiger charge is 2.10. The van der Waals surface area contributed by atoms with Gasteiger partial charge >= 0.3 is 6.01 Å². The Kier molecular flexibility index (Phi) is 4.61. The van der Waals surface area contributed by atoms with Crippen molar-refractivity contribution >= 4 is 17.4 Å². The first-order valence-electron chi connectivity index (χ1n) is 8.03. The highest BCUT2D eigenvalue weighted by atomic mass is 32.1. The second-order valence-electron chi connectivity index (χ2n) is 5.52. The van der Waals surface area contributed by atoms with Crippen molar-refractivity contribution in [3.63, 3.8) is 0 Å². The Balaban J connectivity index is 1.43. The number of ether oxygens (including phenoxy) is 1. The Morgan fingerprint density at radius 1 is 1.04 bits per heavy atom. The molecule has 0 saturated heterocycles. The van der Waals surface area contributed by atoms with Crippen molar-refractivity contribution in [3.8, 4) is 27.7 Å². The Bertz CT molecular complexity index is 997. The van der Waals surface area contributed by atoms with Crippen LogP contribution < -0.4 is 10.1 Å². The molecule has 6 nitrogen and oxygen atoms in total. The molecule has 2 aromatic heterocycles. The number of nitrogens with one attached hydrogen (secondary N) is 1. The van der Waals surface area contributed by atoms with Crippen molar-refractivity contribution in [3.05, 3.63) is 65.7 Å². The number of nitrogens with zero attached hydrogens (tertiary/aromatic N) is 3. The molecule has 2 heterocycles. The topological polar surface area (TPSA) is 73.1 Å². The fraction of sp³-hybridized carbons (Fsp3) is 0.105. The first-order chi connectivity index (χ1) is 12.8. The van der Waals surface area contributed by atoms with Gasteiger partial charge in [-0.3, -0.25) is 0 Å². The lowest BCUT2D eigenvalue weighted by Gasteiger charge is -2.00. The van der Waals surface area contributed by atoms with Crippen LogP contribution >= 0.6 is 11.3 Å². The number of anilines is 1.